The van der Waals surface area contributed by atoms with Gasteiger partial charge in [0.2, 0.25) is 0 Å². The lowest BCUT2D eigenvalue weighted by Crippen LogP contribution is -2.13. The van der Waals surface area contributed by atoms with Gasteiger partial charge in [0.1, 0.15) is 18.1 Å². The molecule has 3 aromatic rings. The summed E-state index contributed by atoms with van der Waals surface area (Å²) in [7, 11) is 1.59. The highest BCUT2D eigenvalue weighted by Gasteiger charge is 2.13. The molecule has 3 rings (SSSR count). The first-order valence-electron chi connectivity index (χ1n) is 8.91. The van der Waals surface area contributed by atoms with Crippen molar-refractivity contribution in [3.63, 3.8) is 0 Å². The quantitative estimate of drug-likeness (QED) is 0.574. The standard InChI is InChI=1S/C23H22ClNO3/c1-15-8-10-20(16(2)12-15)25-23(26)17-9-11-21(27-3)18(13-17)14-28-22-7-5-4-6-19(22)24/h4-13H,14H2,1-3H3,(H,25,26). The molecule has 0 aliphatic heterocycles. The number of benzene rings is 3. The van der Waals surface area contributed by atoms with Crippen molar-refractivity contribution in [2.75, 3.05) is 12.4 Å². The van der Waals surface area contributed by atoms with E-state index in [9.17, 15) is 4.79 Å². The Morgan fingerprint density at radius 2 is 1.79 bits per heavy atom. The maximum atomic E-state index is 12.7. The van der Waals surface area contributed by atoms with Gasteiger partial charge in [-0.1, -0.05) is 41.4 Å². The Balaban J connectivity index is 1.79. The molecule has 28 heavy (non-hydrogen) atoms. The molecule has 1 amide bonds. The summed E-state index contributed by atoms with van der Waals surface area (Å²) in [6.07, 6.45) is 0. The Labute approximate surface area is 170 Å². The molecule has 5 heteroatoms. The SMILES string of the molecule is COc1ccc(C(=O)Nc2ccc(C)cc2C)cc1COc1ccccc1Cl. The van der Waals surface area contributed by atoms with Crippen LogP contribution >= 0.6 is 11.6 Å². The third kappa shape index (κ3) is 4.65. The van der Waals surface area contributed by atoms with Gasteiger partial charge >= 0.3 is 0 Å². The second-order valence-corrected chi connectivity index (χ2v) is 6.93. The largest absolute Gasteiger partial charge is 0.496 e. The second-order valence-electron chi connectivity index (χ2n) is 6.52. The topological polar surface area (TPSA) is 47.6 Å². The number of anilines is 1. The van der Waals surface area contributed by atoms with Gasteiger partial charge in [0.05, 0.1) is 12.1 Å². The van der Waals surface area contributed by atoms with E-state index in [-0.39, 0.29) is 12.5 Å². The van der Waals surface area contributed by atoms with Crippen molar-refractivity contribution in [1.82, 2.24) is 0 Å². The van der Waals surface area contributed by atoms with E-state index in [1.165, 1.54) is 0 Å². The normalized spacial score (nSPS) is 10.4. The monoisotopic (exact) mass is 395 g/mol. The van der Waals surface area contributed by atoms with Crippen LogP contribution in [0.15, 0.2) is 60.7 Å². The minimum absolute atomic E-state index is 0.186. The molecule has 0 spiro atoms. The highest BCUT2D eigenvalue weighted by Crippen LogP contribution is 2.27. The molecule has 1 N–H and O–H groups in total. The molecule has 144 valence electrons. The highest BCUT2D eigenvalue weighted by molar-refractivity contribution is 6.32. The summed E-state index contributed by atoms with van der Waals surface area (Å²) in [5, 5.41) is 3.49. The fraction of sp³-hybridized carbons (Fsp3) is 0.174. The summed E-state index contributed by atoms with van der Waals surface area (Å²) in [4.78, 5) is 12.7. The Bertz CT molecular complexity index is 1000. The first kappa shape index (κ1) is 19.8. The summed E-state index contributed by atoms with van der Waals surface area (Å²) in [5.41, 5.74) is 4.25. The van der Waals surface area contributed by atoms with E-state index in [0.717, 1.165) is 22.4 Å². The van der Waals surface area contributed by atoms with Gasteiger partial charge in [-0.15, -0.1) is 0 Å². The van der Waals surface area contributed by atoms with E-state index >= 15 is 0 Å². The number of hydrogen-bond donors (Lipinski definition) is 1. The molecule has 0 aliphatic rings. The van der Waals surface area contributed by atoms with Crippen molar-refractivity contribution in [3.05, 3.63) is 87.9 Å². The van der Waals surface area contributed by atoms with Crippen LogP contribution in [-0.2, 0) is 6.61 Å². The average Bonchev–Trinajstić information content (AvgIpc) is 2.69. The van der Waals surface area contributed by atoms with Crippen LogP contribution in [0.2, 0.25) is 5.02 Å². The fourth-order valence-electron chi connectivity index (χ4n) is 2.90. The number of amides is 1. The van der Waals surface area contributed by atoms with Crippen molar-refractivity contribution in [3.8, 4) is 11.5 Å². The molecule has 0 saturated carbocycles. The van der Waals surface area contributed by atoms with Gasteiger partial charge in [0, 0.05) is 16.8 Å². The Hall–Kier alpha value is -2.98. The smallest absolute Gasteiger partial charge is 0.255 e. The van der Waals surface area contributed by atoms with E-state index in [2.05, 4.69) is 5.32 Å². The zero-order valence-electron chi connectivity index (χ0n) is 16.1. The number of ether oxygens (including phenoxy) is 2. The number of aryl methyl sites for hydroxylation is 2. The van der Waals surface area contributed by atoms with Gasteiger partial charge in [-0.2, -0.15) is 0 Å². The van der Waals surface area contributed by atoms with Crippen LogP contribution in [0.3, 0.4) is 0 Å². The van der Waals surface area contributed by atoms with Crippen molar-refractivity contribution in [1.29, 1.82) is 0 Å². The van der Waals surface area contributed by atoms with Crippen molar-refractivity contribution in [2.45, 2.75) is 20.5 Å². The number of rotatable bonds is 6. The van der Waals surface area contributed by atoms with Crippen LogP contribution in [0.1, 0.15) is 27.0 Å². The van der Waals surface area contributed by atoms with Crippen LogP contribution in [0.25, 0.3) is 0 Å². The molecule has 0 atom stereocenters. The van der Waals surface area contributed by atoms with Crippen molar-refractivity contribution in [2.24, 2.45) is 0 Å². The van der Waals surface area contributed by atoms with E-state index in [1.807, 2.05) is 44.2 Å². The molecule has 0 heterocycles. The van der Waals surface area contributed by atoms with Crippen LogP contribution in [0.4, 0.5) is 5.69 Å². The summed E-state index contributed by atoms with van der Waals surface area (Å²) in [6.45, 7) is 4.23. The molecule has 0 unspecified atom stereocenters. The van der Waals surface area contributed by atoms with Crippen LogP contribution < -0.4 is 14.8 Å². The van der Waals surface area contributed by atoms with Gasteiger partial charge in [-0.25, -0.2) is 0 Å². The van der Waals surface area contributed by atoms with E-state index in [1.54, 1.807) is 37.4 Å². The lowest BCUT2D eigenvalue weighted by molar-refractivity contribution is 0.102. The predicted octanol–water partition coefficient (Wildman–Crippen LogP) is 5.80. The minimum atomic E-state index is -0.186. The van der Waals surface area contributed by atoms with E-state index in [0.29, 0.717) is 22.1 Å². The zero-order valence-corrected chi connectivity index (χ0v) is 16.8. The number of carbonyl (C=O) groups excluding carboxylic acids is 1. The molecule has 3 aromatic carbocycles. The summed E-state index contributed by atoms with van der Waals surface area (Å²) >= 11 is 6.14. The molecule has 0 bridgehead atoms. The number of methoxy groups -OCH3 is 1. The summed E-state index contributed by atoms with van der Waals surface area (Å²) in [6, 6.07) is 18.4. The predicted molar refractivity (Wildman–Crippen MR) is 113 cm³/mol. The number of halogens is 1. The van der Waals surface area contributed by atoms with Crippen molar-refractivity contribution >= 4 is 23.2 Å². The number of hydrogen-bond acceptors (Lipinski definition) is 3. The maximum Gasteiger partial charge on any atom is 0.255 e. The average molecular weight is 396 g/mol. The fourth-order valence-corrected chi connectivity index (χ4v) is 3.09. The lowest BCUT2D eigenvalue weighted by atomic mass is 10.1. The first-order valence-corrected chi connectivity index (χ1v) is 9.28. The van der Waals surface area contributed by atoms with Crippen LogP contribution in [-0.4, -0.2) is 13.0 Å². The van der Waals surface area contributed by atoms with Crippen LogP contribution in [0, 0.1) is 13.8 Å². The first-order chi connectivity index (χ1) is 13.5. The molecule has 0 radical (unpaired) electrons. The lowest BCUT2D eigenvalue weighted by Gasteiger charge is -2.14. The van der Waals surface area contributed by atoms with Gasteiger partial charge in [-0.3, -0.25) is 4.79 Å². The van der Waals surface area contributed by atoms with E-state index < -0.39 is 0 Å². The Morgan fingerprint density at radius 1 is 1.00 bits per heavy atom. The third-order valence-corrected chi connectivity index (χ3v) is 4.70. The van der Waals surface area contributed by atoms with Gasteiger partial charge < -0.3 is 14.8 Å². The molecular weight excluding hydrogens is 374 g/mol. The second kappa shape index (κ2) is 8.81. The number of nitrogens with one attached hydrogen (secondary N) is 1. The third-order valence-electron chi connectivity index (χ3n) is 4.39. The van der Waals surface area contributed by atoms with Gasteiger partial charge in [0.25, 0.3) is 5.91 Å². The number of para-hydroxylation sites is 1. The summed E-state index contributed by atoms with van der Waals surface area (Å²) in [5.74, 6) is 1.04. The zero-order chi connectivity index (χ0) is 20.1. The maximum absolute atomic E-state index is 12.7. The molecule has 0 aliphatic carbocycles. The molecule has 0 fully saturated rings. The molecule has 0 aromatic heterocycles. The van der Waals surface area contributed by atoms with Gasteiger partial charge in [-0.05, 0) is 55.8 Å². The van der Waals surface area contributed by atoms with Gasteiger partial charge in [0.15, 0.2) is 0 Å². The Morgan fingerprint density at radius 3 is 2.50 bits per heavy atom. The summed E-state index contributed by atoms with van der Waals surface area (Å²) < 4.78 is 11.2. The van der Waals surface area contributed by atoms with Crippen molar-refractivity contribution < 1.29 is 14.3 Å². The molecular formula is C23H22ClNO3. The minimum Gasteiger partial charge on any atom is -0.496 e. The van der Waals surface area contributed by atoms with E-state index in [4.69, 9.17) is 21.1 Å². The number of carbonyl (C=O) groups is 1. The molecule has 0 saturated heterocycles. The van der Waals surface area contributed by atoms with Crippen LogP contribution in [0.5, 0.6) is 11.5 Å². The Kier molecular flexibility index (Phi) is 6.22. The molecule has 4 nitrogen and oxygen atoms in total. The highest BCUT2D eigenvalue weighted by atomic mass is 35.5.